The first kappa shape index (κ1) is 22.5. The summed E-state index contributed by atoms with van der Waals surface area (Å²) < 4.78 is 5.61. The minimum absolute atomic E-state index is 0.0424. The number of aliphatic hydroxyl groups is 1. The molecule has 1 amide bonds. The van der Waals surface area contributed by atoms with Crippen molar-refractivity contribution >= 4 is 5.91 Å². The number of nitrogens with zero attached hydrogens (tertiary/aromatic N) is 2. The highest BCUT2D eigenvalue weighted by atomic mass is 16.3. The van der Waals surface area contributed by atoms with Crippen molar-refractivity contribution in [2.75, 3.05) is 39.3 Å². The van der Waals surface area contributed by atoms with Crippen LogP contribution in [-0.2, 0) is 4.79 Å². The normalized spacial score (nSPS) is 17.7. The quantitative estimate of drug-likeness (QED) is 0.626. The molecule has 0 saturated carbocycles. The van der Waals surface area contributed by atoms with Gasteiger partial charge in [-0.2, -0.15) is 0 Å². The summed E-state index contributed by atoms with van der Waals surface area (Å²) in [4.78, 5) is 17.0. The summed E-state index contributed by atoms with van der Waals surface area (Å²) in [5, 5.41) is 13.7. The minimum Gasteiger partial charge on any atom is -0.468 e. The molecule has 2 heterocycles. The molecule has 1 aromatic carbocycles. The summed E-state index contributed by atoms with van der Waals surface area (Å²) >= 11 is 0. The number of furan rings is 1. The molecule has 1 saturated heterocycles. The smallest absolute Gasteiger partial charge is 0.234 e. The zero-order chi connectivity index (χ0) is 21.3. The van der Waals surface area contributed by atoms with Crippen molar-refractivity contribution in [3.63, 3.8) is 0 Å². The van der Waals surface area contributed by atoms with Crippen LogP contribution in [0, 0.1) is 5.92 Å². The van der Waals surface area contributed by atoms with Crippen LogP contribution in [0.25, 0.3) is 0 Å². The Balaban J connectivity index is 1.45. The van der Waals surface area contributed by atoms with Crippen molar-refractivity contribution in [2.24, 2.45) is 5.92 Å². The van der Waals surface area contributed by atoms with Crippen LogP contribution in [0.1, 0.15) is 50.2 Å². The van der Waals surface area contributed by atoms with Gasteiger partial charge >= 0.3 is 0 Å². The van der Waals surface area contributed by atoms with Crippen molar-refractivity contribution in [3.8, 4) is 0 Å². The lowest BCUT2D eigenvalue weighted by Crippen LogP contribution is -2.44. The molecule has 6 nitrogen and oxygen atoms in total. The zero-order valence-corrected chi connectivity index (χ0v) is 18.2. The molecule has 0 aliphatic carbocycles. The van der Waals surface area contributed by atoms with Gasteiger partial charge in [0.1, 0.15) is 5.76 Å². The summed E-state index contributed by atoms with van der Waals surface area (Å²) in [6.07, 6.45) is 3.06. The van der Waals surface area contributed by atoms with E-state index in [0.717, 1.165) is 50.3 Å². The molecule has 6 heteroatoms. The van der Waals surface area contributed by atoms with Crippen LogP contribution in [0.2, 0.25) is 0 Å². The Kier molecular flexibility index (Phi) is 8.49. The molecule has 1 aromatic heterocycles. The zero-order valence-electron chi connectivity index (χ0n) is 18.2. The van der Waals surface area contributed by atoms with E-state index in [1.54, 1.807) is 6.26 Å². The predicted octanol–water partition coefficient (Wildman–Crippen LogP) is 3.22. The first-order valence-corrected chi connectivity index (χ1v) is 11.1. The Morgan fingerprint density at radius 1 is 1.17 bits per heavy atom. The molecule has 2 atom stereocenters. The van der Waals surface area contributed by atoms with Gasteiger partial charge in [-0.05, 0) is 62.6 Å². The van der Waals surface area contributed by atoms with Crippen LogP contribution in [0.5, 0.6) is 0 Å². The Morgan fingerprint density at radius 3 is 2.47 bits per heavy atom. The second-order valence-electron chi connectivity index (χ2n) is 8.03. The van der Waals surface area contributed by atoms with E-state index in [4.69, 9.17) is 4.42 Å². The summed E-state index contributed by atoms with van der Waals surface area (Å²) in [7, 11) is 0. The van der Waals surface area contributed by atoms with E-state index in [1.807, 2.05) is 42.5 Å². The molecular formula is C24H35N3O3. The largest absolute Gasteiger partial charge is 0.468 e. The van der Waals surface area contributed by atoms with Crippen LogP contribution in [0.3, 0.4) is 0 Å². The van der Waals surface area contributed by atoms with Crippen LogP contribution in [-0.4, -0.2) is 60.1 Å². The minimum atomic E-state index is -0.426. The number of piperidine rings is 1. The number of amides is 1. The average Bonchev–Trinajstić information content (AvgIpc) is 3.32. The summed E-state index contributed by atoms with van der Waals surface area (Å²) in [6.45, 7) is 8.64. The lowest BCUT2D eigenvalue weighted by Gasteiger charge is -2.34. The van der Waals surface area contributed by atoms with E-state index in [0.29, 0.717) is 13.1 Å². The third kappa shape index (κ3) is 5.94. The van der Waals surface area contributed by atoms with Gasteiger partial charge in [0.25, 0.3) is 0 Å². The summed E-state index contributed by atoms with van der Waals surface area (Å²) in [6, 6.07) is 13.8. The molecule has 3 rings (SSSR count). The first-order chi connectivity index (χ1) is 14.6. The monoisotopic (exact) mass is 413 g/mol. The average molecular weight is 414 g/mol. The standard InChI is InChI=1S/C24H35N3O3/c1-3-27(4-2)21(22-11-8-16-30-22)17-25-23(28)18-26-14-12-20(13-15-26)24(29)19-9-6-5-7-10-19/h5-11,16,20-21,24,29H,3-4,12-15,17-18H2,1-2H3,(H,25,28). The molecule has 0 radical (unpaired) electrons. The van der Waals surface area contributed by atoms with E-state index >= 15 is 0 Å². The Labute approximate surface area is 179 Å². The molecule has 2 unspecified atom stereocenters. The Bertz CT molecular complexity index is 738. The number of rotatable bonds is 10. The molecule has 164 valence electrons. The fourth-order valence-corrected chi connectivity index (χ4v) is 4.37. The van der Waals surface area contributed by atoms with Crippen LogP contribution >= 0.6 is 0 Å². The maximum Gasteiger partial charge on any atom is 0.234 e. The molecule has 1 aliphatic rings. The second-order valence-corrected chi connectivity index (χ2v) is 8.03. The van der Waals surface area contributed by atoms with Crippen molar-refractivity contribution in [3.05, 3.63) is 60.1 Å². The van der Waals surface area contributed by atoms with E-state index < -0.39 is 6.10 Å². The van der Waals surface area contributed by atoms with Gasteiger partial charge in [0, 0.05) is 6.54 Å². The van der Waals surface area contributed by atoms with E-state index in [-0.39, 0.29) is 17.9 Å². The maximum absolute atomic E-state index is 12.6. The molecule has 1 fully saturated rings. The van der Waals surface area contributed by atoms with Gasteiger partial charge in [-0.1, -0.05) is 44.2 Å². The van der Waals surface area contributed by atoms with Crippen LogP contribution < -0.4 is 5.32 Å². The summed E-state index contributed by atoms with van der Waals surface area (Å²) in [5.41, 5.74) is 0.981. The van der Waals surface area contributed by atoms with Gasteiger partial charge in [0.2, 0.25) is 5.91 Å². The highest BCUT2D eigenvalue weighted by Crippen LogP contribution is 2.30. The number of hydrogen-bond acceptors (Lipinski definition) is 5. The molecule has 0 spiro atoms. The third-order valence-electron chi connectivity index (χ3n) is 6.20. The number of hydrogen-bond donors (Lipinski definition) is 2. The Hall–Kier alpha value is -2.15. The second kappa shape index (κ2) is 11.3. The number of likely N-dealkylation sites (N-methyl/N-ethyl adjacent to an activating group) is 1. The van der Waals surface area contributed by atoms with Crippen LogP contribution in [0.15, 0.2) is 53.1 Å². The van der Waals surface area contributed by atoms with Crippen molar-refractivity contribution < 1.29 is 14.3 Å². The van der Waals surface area contributed by atoms with E-state index in [9.17, 15) is 9.90 Å². The van der Waals surface area contributed by atoms with E-state index in [2.05, 4.69) is 29.0 Å². The number of nitrogens with one attached hydrogen (secondary N) is 1. The number of aliphatic hydroxyl groups excluding tert-OH is 1. The lowest BCUT2D eigenvalue weighted by atomic mass is 9.87. The lowest BCUT2D eigenvalue weighted by molar-refractivity contribution is -0.123. The number of carbonyl (C=O) groups excluding carboxylic acids is 1. The molecule has 0 bridgehead atoms. The van der Waals surface area contributed by atoms with Crippen molar-refractivity contribution in [1.29, 1.82) is 0 Å². The number of carbonyl (C=O) groups is 1. The van der Waals surface area contributed by atoms with Gasteiger partial charge in [-0.3, -0.25) is 14.6 Å². The number of benzene rings is 1. The number of likely N-dealkylation sites (tertiary alicyclic amines) is 1. The highest BCUT2D eigenvalue weighted by Gasteiger charge is 2.27. The maximum atomic E-state index is 12.6. The molecular weight excluding hydrogens is 378 g/mol. The van der Waals surface area contributed by atoms with Gasteiger partial charge in [-0.25, -0.2) is 0 Å². The SMILES string of the molecule is CCN(CC)C(CNC(=O)CN1CCC(C(O)c2ccccc2)CC1)c1ccco1. The van der Waals surface area contributed by atoms with Gasteiger partial charge in [0.05, 0.1) is 25.0 Å². The van der Waals surface area contributed by atoms with E-state index in [1.165, 1.54) is 0 Å². The molecule has 2 N–H and O–H groups in total. The topological polar surface area (TPSA) is 69.0 Å². The molecule has 2 aromatic rings. The summed E-state index contributed by atoms with van der Waals surface area (Å²) in [5.74, 6) is 1.17. The van der Waals surface area contributed by atoms with Crippen LogP contribution in [0.4, 0.5) is 0 Å². The highest BCUT2D eigenvalue weighted by molar-refractivity contribution is 5.78. The van der Waals surface area contributed by atoms with Gasteiger partial charge in [-0.15, -0.1) is 0 Å². The fraction of sp³-hybridized carbons (Fsp3) is 0.542. The predicted molar refractivity (Wildman–Crippen MR) is 118 cm³/mol. The third-order valence-corrected chi connectivity index (χ3v) is 6.20. The molecule has 30 heavy (non-hydrogen) atoms. The Morgan fingerprint density at radius 2 is 1.87 bits per heavy atom. The van der Waals surface area contributed by atoms with Gasteiger partial charge in [0.15, 0.2) is 0 Å². The van der Waals surface area contributed by atoms with Crippen molar-refractivity contribution in [2.45, 2.75) is 38.8 Å². The van der Waals surface area contributed by atoms with Crippen molar-refractivity contribution in [1.82, 2.24) is 15.1 Å². The molecule has 1 aliphatic heterocycles. The van der Waals surface area contributed by atoms with Gasteiger partial charge < -0.3 is 14.8 Å². The first-order valence-electron chi connectivity index (χ1n) is 11.1. The fourth-order valence-electron chi connectivity index (χ4n) is 4.37.